The van der Waals surface area contributed by atoms with Gasteiger partial charge in [0.05, 0.1) is 5.56 Å². The number of benzene rings is 1. The van der Waals surface area contributed by atoms with E-state index in [4.69, 9.17) is 5.11 Å². The van der Waals surface area contributed by atoms with E-state index in [2.05, 4.69) is 26.2 Å². The number of nitrogens with zero attached hydrogens (tertiary/aromatic N) is 1. The summed E-state index contributed by atoms with van der Waals surface area (Å²) in [6.45, 7) is 3.94. The molecule has 4 nitrogen and oxygen atoms in total. The monoisotopic (exact) mass is 334 g/mol. The summed E-state index contributed by atoms with van der Waals surface area (Å²) in [5.41, 5.74) is 2.97. The van der Waals surface area contributed by atoms with Crippen molar-refractivity contribution < 1.29 is 9.90 Å². The number of nitrogens with one attached hydrogen (secondary N) is 1. The average Bonchev–Trinajstić information content (AvgIpc) is 2.42. The van der Waals surface area contributed by atoms with Gasteiger partial charge in [-0.05, 0) is 49.2 Å². The Balaban J connectivity index is 2.34. The summed E-state index contributed by atoms with van der Waals surface area (Å²) in [5, 5.41) is 12.3. The van der Waals surface area contributed by atoms with Crippen molar-refractivity contribution in [2.24, 2.45) is 0 Å². The first-order valence-electron chi connectivity index (χ1n) is 6.27. The molecule has 104 valence electrons. The summed E-state index contributed by atoms with van der Waals surface area (Å²) in [6.07, 6.45) is 0.690. The number of aryl methyl sites for hydroxylation is 2. The minimum absolute atomic E-state index is 0.244. The number of hydrogen-bond donors (Lipinski definition) is 2. The zero-order valence-electron chi connectivity index (χ0n) is 11.3. The molecule has 5 heteroatoms. The van der Waals surface area contributed by atoms with Crippen LogP contribution in [0.4, 0.5) is 11.5 Å². The van der Waals surface area contributed by atoms with Gasteiger partial charge in [-0.15, -0.1) is 0 Å². The molecule has 0 aliphatic carbocycles. The van der Waals surface area contributed by atoms with Gasteiger partial charge in [0.1, 0.15) is 5.82 Å². The second-order valence-corrected chi connectivity index (χ2v) is 5.33. The largest absolute Gasteiger partial charge is 0.478 e. The smallest absolute Gasteiger partial charge is 0.335 e. The Bertz CT molecular complexity index is 656. The molecular weight excluding hydrogens is 320 g/mol. The summed E-state index contributed by atoms with van der Waals surface area (Å²) in [5.74, 6) is -0.402. The zero-order valence-corrected chi connectivity index (χ0v) is 12.9. The van der Waals surface area contributed by atoms with Crippen LogP contribution in [0.1, 0.15) is 28.5 Å². The van der Waals surface area contributed by atoms with Gasteiger partial charge in [0.2, 0.25) is 0 Å². The normalized spacial score (nSPS) is 10.3. The SMILES string of the molecule is CCc1cc(C(=O)O)cc(Nc2ccc(Br)c(C)c2)n1. The van der Waals surface area contributed by atoms with E-state index in [1.807, 2.05) is 32.0 Å². The van der Waals surface area contributed by atoms with Gasteiger partial charge in [0, 0.05) is 15.9 Å². The van der Waals surface area contributed by atoms with Crippen LogP contribution in [0.15, 0.2) is 34.8 Å². The van der Waals surface area contributed by atoms with Crippen LogP contribution in [0.3, 0.4) is 0 Å². The number of aromatic nitrogens is 1. The highest BCUT2D eigenvalue weighted by Gasteiger charge is 2.08. The third-order valence-electron chi connectivity index (χ3n) is 2.92. The lowest BCUT2D eigenvalue weighted by Gasteiger charge is -2.10. The highest BCUT2D eigenvalue weighted by Crippen LogP contribution is 2.23. The Hall–Kier alpha value is -1.88. The Morgan fingerprint density at radius 2 is 2.10 bits per heavy atom. The standard InChI is InChI=1S/C15H15BrN2O2/c1-3-11-7-10(15(19)20)8-14(17-11)18-12-4-5-13(16)9(2)6-12/h4-8H,3H2,1-2H3,(H,17,18)(H,19,20). The molecule has 1 aromatic heterocycles. The number of carboxylic acids is 1. The van der Waals surface area contributed by atoms with Gasteiger partial charge in [-0.1, -0.05) is 22.9 Å². The Labute approximate surface area is 126 Å². The molecule has 0 saturated carbocycles. The van der Waals surface area contributed by atoms with E-state index in [0.717, 1.165) is 21.4 Å². The predicted octanol–water partition coefficient (Wildman–Crippen LogP) is 4.16. The predicted molar refractivity (Wildman–Crippen MR) is 82.7 cm³/mol. The minimum atomic E-state index is -0.947. The summed E-state index contributed by atoms with van der Waals surface area (Å²) in [6, 6.07) is 8.97. The van der Waals surface area contributed by atoms with Crippen molar-refractivity contribution in [3.8, 4) is 0 Å². The third-order valence-corrected chi connectivity index (χ3v) is 3.81. The van der Waals surface area contributed by atoms with Gasteiger partial charge in [-0.2, -0.15) is 0 Å². The topological polar surface area (TPSA) is 62.2 Å². The van der Waals surface area contributed by atoms with Crippen molar-refractivity contribution in [2.75, 3.05) is 5.32 Å². The van der Waals surface area contributed by atoms with Crippen LogP contribution in [-0.4, -0.2) is 16.1 Å². The van der Waals surface area contributed by atoms with Crippen molar-refractivity contribution >= 4 is 33.4 Å². The van der Waals surface area contributed by atoms with Crippen LogP contribution >= 0.6 is 15.9 Å². The number of halogens is 1. The quantitative estimate of drug-likeness (QED) is 0.881. The van der Waals surface area contributed by atoms with Gasteiger partial charge < -0.3 is 10.4 Å². The summed E-state index contributed by atoms with van der Waals surface area (Å²) < 4.78 is 1.03. The zero-order chi connectivity index (χ0) is 14.7. The number of carboxylic acid groups (broad SMARTS) is 1. The van der Waals surface area contributed by atoms with E-state index < -0.39 is 5.97 Å². The summed E-state index contributed by atoms with van der Waals surface area (Å²) in [7, 11) is 0. The molecule has 0 aliphatic heterocycles. The number of pyridine rings is 1. The maximum Gasteiger partial charge on any atom is 0.335 e. The van der Waals surface area contributed by atoms with E-state index >= 15 is 0 Å². The average molecular weight is 335 g/mol. The molecule has 0 amide bonds. The molecule has 2 rings (SSSR count). The molecule has 2 N–H and O–H groups in total. The number of hydrogen-bond acceptors (Lipinski definition) is 3. The van der Waals surface area contributed by atoms with Crippen LogP contribution in [0.25, 0.3) is 0 Å². The molecule has 2 aromatic rings. The Morgan fingerprint density at radius 3 is 2.70 bits per heavy atom. The maximum absolute atomic E-state index is 11.1. The number of carbonyl (C=O) groups is 1. The first-order valence-corrected chi connectivity index (χ1v) is 7.06. The van der Waals surface area contributed by atoms with Crippen LogP contribution < -0.4 is 5.32 Å². The van der Waals surface area contributed by atoms with Crippen LogP contribution in [0.2, 0.25) is 0 Å². The van der Waals surface area contributed by atoms with Crippen LogP contribution in [0.5, 0.6) is 0 Å². The summed E-state index contributed by atoms with van der Waals surface area (Å²) >= 11 is 3.45. The Kier molecular flexibility index (Phi) is 4.39. The van der Waals surface area contributed by atoms with Gasteiger partial charge in [0.15, 0.2) is 0 Å². The Morgan fingerprint density at radius 1 is 1.35 bits per heavy atom. The highest BCUT2D eigenvalue weighted by molar-refractivity contribution is 9.10. The molecule has 0 radical (unpaired) electrons. The van der Waals surface area contributed by atoms with Gasteiger partial charge in [-0.25, -0.2) is 9.78 Å². The second kappa shape index (κ2) is 6.05. The number of aromatic carboxylic acids is 1. The lowest BCUT2D eigenvalue weighted by molar-refractivity contribution is 0.0696. The van der Waals surface area contributed by atoms with Crippen molar-refractivity contribution in [1.29, 1.82) is 0 Å². The molecule has 1 heterocycles. The molecular formula is C15H15BrN2O2. The van der Waals surface area contributed by atoms with Crippen molar-refractivity contribution in [3.05, 3.63) is 51.6 Å². The minimum Gasteiger partial charge on any atom is -0.478 e. The summed E-state index contributed by atoms with van der Waals surface area (Å²) in [4.78, 5) is 15.5. The molecule has 20 heavy (non-hydrogen) atoms. The molecule has 0 aliphatic rings. The van der Waals surface area contributed by atoms with Crippen molar-refractivity contribution in [3.63, 3.8) is 0 Å². The molecule has 0 unspecified atom stereocenters. The molecule has 0 atom stereocenters. The lowest BCUT2D eigenvalue weighted by atomic mass is 10.2. The molecule has 0 spiro atoms. The molecule has 0 fully saturated rings. The number of rotatable bonds is 4. The first-order chi connectivity index (χ1) is 9.49. The van der Waals surface area contributed by atoms with Crippen molar-refractivity contribution in [1.82, 2.24) is 4.98 Å². The highest BCUT2D eigenvalue weighted by atomic mass is 79.9. The van der Waals surface area contributed by atoms with Crippen molar-refractivity contribution in [2.45, 2.75) is 20.3 Å². The molecule has 1 aromatic carbocycles. The van der Waals surface area contributed by atoms with Gasteiger partial charge >= 0.3 is 5.97 Å². The first kappa shape index (κ1) is 14.5. The van der Waals surface area contributed by atoms with E-state index in [0.29, 0.717) is 12.2 Å². The molecule has 0 saturated heterocycles. The number of anilines is 2. The lowest BCUT2D eigenvalue weighted by Crippen LogP contribution is -2.03. The van der Waals surface area contributed by atoms with E-state index in [9.17, 15) is 4.79 Å². The molecule has 0 bridgehead atoms. The maximum atomic E-state index is 11.1. The van der Waals surface area contributed by atoms with Gasteiger partial charge in [0.25, 0.3) is 0 Å². The van der Waals surface area contributed by atoms with E-state index in [-0.39, 0.29) is 5.56 Å². The van der Waals surface area contributed by atoms with E-state index in [1.54, 1.807) is 12.1 Å². The van der Waals surface area contributed by atoms with Gasteiger partial charge in [-0.3, -0.25) is 0 Å². The second-order valence-electron chi connectivity index (χ2n) is 4.48. The van der Waals surface area contributed by atoms with E-state index in [1.165, 1.54) is 0 Å². The fraction of sp³-hybridized carbons (Fsp3) is 0.200. The van der Waals surface area contributed by atoms with Crippen LogP contribution in [-0.2, 0) is 6.42 Å². The fourth-order valence-corrected chi connectivity index (χ4v) is 2.07. The third kappa shape index (κ3) is 3.36. The van der Waals surface area contributed by atoms with Crippen LogP contribution in [0, 0.1) is 6.92 Å². The fourth-order valence-electron chi connectivity index (χ4n) is 1.83.